The molecule has 8 fully saturated rings. The SMILES string of the molecule is CC(=O)N[C@H]1[C@@H](O[C@H]2[C@H](O)[C@@H](O)[C@H](O[C@H]3[C@H](O)[C@@H](NC(C)=O)[C@@H](O[C@H]4[C@H](O)[C@@H](O)[C@H](O[C@H]5[C@H](O)[C@@H](NC(C)=O)[C@@H](O[C@H]6[C@H](O)[C@@H](O)[C@H](O[C@H]7[C@H](O)[C@@H](CO)O[C@@H]7CO)O[C@@H]6C(=O)O)O[C@@H]5CO)O[C@@H]4C(=O)O)O[C@@H]3CO)O[C@@H]2C(=O)O)O[C@H](COS(=O)(=O)O)[C@@H](O[C@@H]2O[C@@H](C(=O)O)[C@@H](O)[C@H](O)[C@H]2O)[C@@H]1O. The van der Waals surface area contributed by atoms with Crippen molar-refractivity contribution < 1.29 is 229 Å². The van der Waals surface area contributed by atoms with Crippen molar-refractivity contribution in [3.8, 4) is 0 Å². The number of nitrogens with one attached hydrogen (secondary N) is 3. The van der Waals surface area contributed by atoms with E-state index in [1.807, 2.05) is 0 Å². The largest absolute Gasteiger partial charge is 0.479 e. The molecule has 39 atom stereocenters. The zero-order valence-corrected chi connectivity index (χ0v) is 55.3. The molecule has 0 aromatic heterocycles. The monoisotopic (exact) mass is 1560 g/mol. The van der Waals surface area contributed by atoms with Gasteiger partial charge in [0.2, 0.25) is 17.7 Å². The molecule has 0 saturated carbocycles. The average Bonchev–Trinajstić information content (AvgIpc) is 1.01. The van der Waals surface area contributed by atoms with Crippen LogP contribution in [0.15, 0.2) is 0 Å². The van der Waals surface area contributed by atoms with E-state index in [9.17, 15) is 154 Å². The van der Waals surface area contributed by atoms with Crippen LogP contribution in [0.5, 0.6) is 0 Å². The van der Waals surface area contributed by atoms with E-state index in [-0.39, 0.29) is 0 Å². The van der Waals surface area contributed by atoms with Gasteiger partial charge in [0.05, 0.1) is 33.0 Å². The number of aliphatic hydroxyl groups excluding tert-OH is 17. The number of aliphatic carboxylic acids is 4. The number of aliphatic hydroxyl groups is 17. The van der Waals surface area contributed by atoms with Gasteiger partial charge in [-0.2, -0.15) is 8.42 Å². The van der Waals surface area contributed by atoms with E-state index < -0.39 is 324 Å². The van der Waals surface area contributed by atoms with Gasteiger partial charge in [0, 0.05) is 20.8 Å². The molecule has 602 valence electrons. The van der Waals surface area contributed by atoms with E-state index in [2.05, 4.69) is 20.1 Å². The van der Waals surface area contributed by atoms with E-state index in [0.717, 1.165) is 20.8 Å². The summed E-state index contributed by atoms with van der Waals surface area (Å²) in [5, 5.41) is 234. The molecule has 0 aromatic carbocycles. The fourth-order valence-electron chi connectivity index (χ4n) is 12.8. The molecule has 8 rings (SSSR count). The summed E-state index contributed by atoms with van der Waals surface area (Å²) in [6.07, 6.45) is -81.4. The van der Waals surface area contributed by atoms with E-state index >= 15 is 0 Å². The molecule has 8 heterocycles. The Hall–Kier alpha value is -5.12. The third-order valence-corrected chi connectivity index (χ3v) is 18.3. The first-order chi connectivity index (χ1) is 49.2. The lowest BCUT2D eigenvalue weighted by molar-refractivity contribution is -0.381. The smallest absolute Gasteiger partial charge is 0.397 e. The van der Waals surface area contributed by atoms with E-state index in [1.54, 1.807) is 0 Å². The van der Waals surface area contributed by atoms with Crippen LogP contribution < -0.4 is 16.0 Å². The summed E-state index contributed by atoms with van der Waals surface area (Å²) >= 11 is 0. The van der Waals surface area contributed by atoms with Gasteiger partial charge in [-0.3, -0.25) is 18.9 Å². The highest BCUT2D eigenvalue weighted by Crippen LogP contribution is 2.39. The van der Waals surface area contributed by atoms with Crippen molar-refractivity contribution in [1.29, 1.82) is 0 Å². The maximum atomic E-state index is 13.0. The van der Waals surface area contributed by atoms with Gasteiger partial charge < -0.3 is 194 Å². The highest BCUT2D eigenvalue weighted by atomic mass is 32.3. The molecular formula is C54H83N3O47S. The predicted octanol–water partition coefficient (Wildman–Crippen LogP) is -17.1. The Bertz CT molecular complexity index is 3090. The number of ether oxygens (including phenoxy) is 15. The maximum absolute atomic E-state index is 13.0. The van der Waals surface area contributed by atoms with Gasteiger partial charge in [-0.1, -0.05) is 0 Å². The molecule has 25 N–H and O–H groups in total. The molecule has 50 nitrogen and oxygen atoms in total. The fraction of sp³-hybridized carbons (Fsp3) is 0.870. The molecule has 8 aliphatic heterocycles. The van der Waals surface area contributed by atoms with Crippen molar-refractivity contribution in [2.45, 2.75) is 260 Å². The molecule has 8 saturated heterocycles. The van der Waals surface area contributed by atoms with Crippen LogP contribution in [0.2, 0.25) is 0 Å². The number of carboxylic acid groups (broad SMARTS) is 4. The molecule has 0 spiro atoms. The zero-order valence-electron chi connectivity index (χ0n) is 54.5. The van der Waals surface area contributed by atoms with E-state index in [1.165, 1.54) is 0 Å². The van der Waals surface area contributed by atoms with Crippen molar-refractivity contribution in [3.63, 3.8) is 0 Å². The molecule has 0 aromatic rings. The van der Waals surface area contributed by atoms with Crippen LogP contribution in [0.4, 0.5) is 0 Å². The van der Waals surface area contributed by atoms with Gasteiger partial charge in [0.15, 0.2) is 68.4 Å². The minimum absolute atomic E-state index is 0.781. The molecule has 0 aliphatic carbocycles. The molecule has 51 heteroatoms. The second kappa shape index (κ2) is 35.7. The molecule has 0 bridgehead atoms. The Morgan fingerprint density at radius 1 is 0.305 bits per heavy atom. The second-order valence-electron chi connectivity index (χ2n) is 25.1. The predicted molar refractivity (Wildman–Crippen MR) is 311 cm³/mol. The van der Waals surface area contributed by atoms with Crippen molar-refractivity contribution in [3.05, 3.63) is 0 Å². The summed E-state index contributed by atoms with van der Waals surface area (Å²) in [6, 6.07) is -6.23. The molecule has 0 unspecified atom stereocenters. The lowest BCUT2D eigenvalue weighted by atomic mass is 9.93. The molecular weight excluding hydrogens is 1470 g/mol. The van der Waals surface area contributed by atoms with Crippen LogP contribution in [0.3, 0.4) is 0 Å². The Morgan fingerprint density at radius 3 is 0.848 bits per heavy atom. The first kappa shape index (κ1) is 85.5. The van der Waals surface area contributed by atoms with Crippen molar-refractivity contribution in [2.24, 2.45) is 0 Å². The Balaban J connectivity index is 0.963. The third-order valence-electron chi connectivity index (χ3n) is 17.9. The number of hydrogen-bond acceptors (Lipinski definition) is 42. The topological polar surface area (TPSA) is 782 Å². The second-order valence-corrected chi connectivity index (χ2v) is 26.2. The molecule has 105 heavy (non-hydrogen) atoms. The minimum Gasteiger partial charge on any atom is -0.479 e. The van der Waals surface area contributed by atoms with Gasteiger partial charge in [0.1, 0.15) is 171 Å². The summed E-state index contributed by atoms with van der Waals surface area (Å²) in [5.41, 5.74) is 0. The van der Waals surface area contributed by atoms with Crippen LogP contribution in [-0.2, 0) is 119 Å². The lowest BCUT2D eigenvalue weighted by Crippen LogP contribution is -2.71. The quantitative estimate of drug-likeness (QED) is 0.0324. The van der Waals surface area contributed by atoms with Crippen LogP contribution >= 0.6 is 0 Å². The normalized spacial score (nSPS) is 46.2. The molecule has 8 aliphatic rings. The average molecular weight is 1560 g/mol. The van der Waals surface area contributed by atoms with Crippen LogP contribution in [0.25, 0.3) is 0 Å². The highest BCUT2D eigenvalue weighted by molar-refractivity contribution is 7.80. The minimum atomic E-state index is -5.47. The lowest BCUT2D eigenvalue weighted by Gasteiger charge is -2.50. The Labute approximate surface area is 588 Å². The van der Waals surface area contributed by atoms with Gasteiger partial charge in [-0.15, -0.1) is 0 Å². The standard InChI is InChI=1S/C54H83N3O47S/c1-9(62)55-17-21(66)34(14(6-60)91-48(17)98-37-26(71)30(75)52(102-41(37)45(80)81)94-33-13(5-59)90-12(4-58)20(33)65)95-53-31(76)27(72)38(42(103-53)46(82)83)99-49-18(56-10(2)63)22(67)35(15(7-61)92-49)96-54-32(77)28(73)39(43(104-54)47(84)85)100-50-19(57-11(3)64)23(68)36(16(93-50)8-89-105(86,87)88)97-51-29(74)24(69)25(70)40(101-51)44(78)79/h12-43,48-54,58-61,65-77H,4-8H2,1-3H3,(H,55,62)(H,56,63)(H,57,64)(H,78,79)(H,80,81)(H,82,83)(H,84,85)(H,86,87,88)/t12-,13-,14-,15-,16-,17-,18-,19-,20-,21-,22-,23-,24+,25+,26-,27-,28-,29-,30-,31-,32-,33-,34-,35-,36-,37+,38+,39+,40-,41+,42+,43+,48-,49-,50-,51-,52-,53-,54-/m1/s1. The van der Waals surface area contributed by atoms with Gasteiger partial charge in [-0.05, 0) is 0 Å². The summed E-state index contributed by atoms with van der Waals surface area (Å²) < 4.78 is 121. The Morgan fingerprint density at radius 2 is 0.562 bits per heavy atom. The zero-order chi connectivity index (χ0) is 78.0. The maximum Gasteiger partial charge on any atom is 0.397 e. The van der Waals surface area contributed by atoms with E-state index in [0.29, 0.717) is 0 Å². The van der Waals surface area contributed by atoms with Gasteiger partial charge in [-0.25, -0.2) is 23.4 Å². The summed E-state index contributed by atoms with van der Waals surface area (Å²) in [6.45, 7) is -3.06. The molecule has 3 amide bonds. The number of carboxylic acids is 4. The van der Waals surface area contributed by atoms with Gasteiger partial charge >= 0.3 is 34.3 Å². The summed E-state index contributed by atoms with van der Waals surface area (Å²) in [7, 11) is -5.47. The number of rotatable bonds is 28. The number of hydrogen-bond donors (Lipinski definition) is 25. The first-order valence-electron chi connectivity index (χ1n) is 31.6. The van der Waals surface area contributed by atoms with E-state index in [4.69, 9.17) is 71.1 Å². The Kier molecular flexibility index (Phi) is 29.1. The van der Waals surface area contributed by atoms with Crippen molar-refractivity contribution in [1.82, 2.24) is 16.0 Å². The number of carbonyl (C=O) groups excluding carboxylic acids is 3. The molecule has 0 radical (unpaired) electrons. The summed E-state index contributed by atoms with van der Waals surface area (Å²) in [4.78, 5) is 88.5. The van der Waals surface area contributed by atoms with Crippen LogP contribution in [0, 0.1) is 0 Å². The van der Waals surface area contributed by atoms with Crippen molar-refractivity contribution >= 4 is 52.0 Å². The highest BCUT2D eigenvalue weighted by Gasteiger charge is 2.62. The van der Waals surface area contributed by atoms with Gasteiger partial charge in [0.25, 0.3) is 0 Å². The van der Waals surface area contributed by atoms with Crippen LogP contribution in [-0.4, -0.2) is 434 Å². The summed E-state index contributed by atoms with van der Waals surface area (Å²) in [5.74, 6) is -11.1. The first-order valence-corrected chi connectivity index (χ1v) is 33.0. The number of amides is 3. The van der Waals surface area contributed by atoms with Crippen LogP contribution in [0.1, 0.15) is 20.8 Å². The third kappa shape index (κ3) is 19.0. The number of carbonyl (C=O) groups is 7. The fourth-order valence-corrected chi connectivity index (χ4v) is 13.1. The van der Waals surface area contributed by atoms with Crippen molar-refractivity contribution in [2.75, 3.05) is 33.0 Å².